The molecule has 0 aromatic carbocycles. The van der Waals surface area contributed by atoms with Crippen LogP contribution >= 0.6 is 23.1 Å². The van der Waals surface area contributed by atoms with Gasteiger partial charge in [-0.2, -0.15) is 0 Å². The van der Waals surface area contributed by atoms with Crippen molar-refractivity contribution >= 4 is 35.0 Å². The number of unbranched alkanes of at least 4 members (excludes halogenated alkanes) is 1. The molecule has 1 aliphatic heterocycles. The Kier molecular flexibility index (Phi) is 8.94. The molecular weight excluding hydrogens is 370 g/mol. The number of carbonyl (C=O) groups is 2. The van der Waals surface area contributed by atoms with Crippen LogP contribution in [0, 0.1) is 0 Å². The van der Waals surface area contributed by atoms with Crippen LogP contribution in [0.4, 0.5) is 0 Å². The summed E-state index contributed by atoms with van der Waals surface area (Å²) in [6.07, 6.45) is 11.3. The Morgan fingerprint density at radius 2 is 2.31 bits per heavy atom. The van der Waals surface area contributed by atoms with Gasteiger partial charge in [0.2, 0.25) is 5.91 Å². The second-order valence-electron chi connectivity index (χ2n) is 6.09. The van der Waals surface area contributed by atoms with Gasteiger partial charge in [-0.1, -0.05) is 36.1 Å². The average molecular weight is 396 g/mol. The molecule has 1 aromatic rings. The standard InChI is InChI=1S/C19H25NO4S2/c21-16-8-5-7-15(11-12-18(24)26-19-10-6-14-25-19)20(16)13-4-2-1-3-9-17(22)23/h2,4,6,10-12,14-15,18,24H,1,3,5,7-9,13H2,(H,22,23)/t15-,18?/m1/s1. The SMILES string of the molecule is O=C(O)CCCC=CCN1C(=O)CCC[C@@H]1C=CC(O)Sc1cccs1. The number of carboxylic acids is 1. The fourth-order valence-corrected chi connectivity index (χ4v) is 4.47. The summed E-state index contributed by atoms with van der Waals surface area (Å²) in [7, 11) is 0. The van der Waals surface area contributed by atoms with Crippen LogP contribution in [0.15, 0.2) is 46.0 Å². The number of thioether (sulfide) groups is 1. The van der Waals surface area contributed by atoms with Crippen LogP contribution in [0.1, 0.15) is 38.5 Å². The molecule has 1 aromatic heterocycles. The third-order valence-corrected chi connectivity index (χ3v) is 6.08. The Labute approximate surface area is 162 Å². The van der Waals surface area contributed by atoms with E-state index in [1.807, 2.05) is 40.6 Å². The van der Waals surface area contributed by atoms with Crippen LogP contribution in [0.2, 0.25) is 0 Å². The number of carbonyl (C=O) groups excluding carboxylic acids is 1. The molecule has 1 unspecified atom stereocenters. The minimum atomic E-state index is -0.784. The number of rotatable bonds is 10. The maximum Gasteiger partial charge on any atom is 0.303 e. The molecule has 0 spiro atoms. The van der Waals surface area contributed by atoms with Gasteiger partial charge in [-0.05, 0) is 43.2 Å². The summed E-state index contributed by atoms with van der Waals surface area (Å²) < 4.78 is 1.06. The molecule has 1 fully saturated rings. The zero-order chi connectivity index (χ0) is 18.8. The van der Waals surface area contributed by atoms with Crippen molar-refractivity contribution < 1.29 is 19.8 Å². The number of thiophene rings is 1. The lowest BCUT2D eigenvalue weighted by Crippen LogP contribution is -2.42. The minimum absolute atomic E-state index is 0.00138. The fraction of sp³-hybridized carbons (Fsp3) is 0.474. The maximum atomic E-state index is 12.2. The first-order chi connectivity index (χ1) is 12.6. The Hall–Kier alpha value is -1.57. The van der Waals surface area contributed by atoms with Crippen molar-refractivity contribution in [3.8, 4) is 0 Å². The summed E-state index contributed by atoms with van der Waals surface area (Å²) in [5.41, 5.74) is -0.626. The first-order valence-corrected chi connectivity index (χ1v) is 10.5. The molecule has 2 atom stereocenters. The van der Waals surface area contributed by atoms with E-state index in [1.54, 1.807) is 17.4 Å². The topological polar surface area (TPSA) is 77.8 Å². The number of likely N-dealkylation sites (tertiary alicyclic amines) is 1. The third kappa shape index (κ3) is 7.35. The maximum absolute atomic E-state index is 12.2. The zero-order valence-corrected chi connectivity index (χ0v) is 16.3. The van der Waals surface area contributed by atoms with Gasteiger partial charge in [-0.3, -0.25) is 9.59 Å². The van der Waals surface area contributed by atoms with E-state index in [9.17, 15) is 14.7 Å². The number of aliphatic carboxylic acids is 1. The minimum Gasteiger partial charge on any atom is -0.481 e. The molecule has 7 heteroatoms. The van der Waals surface area contributed by atoms with Gasteiger partial charge in [0.1, 0.15) is 5.44 Å². The van der Waals surface area contributed by atoms with Crippen LogP contribution in [-0.2, 0) is 9.59 Å². The largest absolute Gasteiger partial charge is 0.481 e. The smallest absolute Gasteiger partial charge is 0.303 e. The van der Waals surface area contributed by atoms with Gasteiger partial charge >= 0.3 is 5.97 Å². The van der Waals surface area contributed by atoms with Crippen molar-refractivity contribution in [2.45, 2.75) is 54.2 Å². The van der Waals surface area contributed by atoms with Gasteiger partial charge in [0, 0.05) is 19.4 Å². The molecule has 142 valence electrons. The zero-order valence-electron chi connectivity index (χ0n) is 14.6. The number of nitrogens with zero attached hydrogens (tertiary/aromatic N) is 1. The van der Waals surface area contributed by atoms with Crippen LogP contribution in [-0.4, -0.2) is 45.0 Å². The molecule has 0 bridgehead atoms. The van der Waals surface area contributed by atoms with E-state index in [2.05, 4.69) is 0 Å². The Morgan fingerprint density at radius 1 is 1.46 bits per heavy atom. The molecular formula is C19H25NO4S2. The van der Waals surface area contributed by atoms with Crippen molar-refractivity contribution in [2.24, 2.45) is 0 Å². The lowest BCUT2D eigenvalue weighted by Gasteiger charge is -2.33. The molecule has 0 radical (unpaired) electrons. The van der Waals surface area contributed by atoms with E-state index in [1.165, 1.54) is 11.8 Å². The monoisotopic (exact) mass is 395 g/mol. The number of piperidine rings is 1. The lowest BCUT2D eigenvalue weighted by atomic mass is 10.0. The van der Waals surface area contributed by atoms with Crippen molar-refractivity contribution in [2.75, 3.05) is 6.54 Å². The number of hydrogen-bond acceptors (Lipinski definition) is 5. The molecule has 1 saturated heterocycles. The molecule has 2 heterocycles. The van der Waals surface area contributed by atoms with E-state index < -0.39 is 11.4 Å². The van der Waals surface area contributed by atoms with Crippen LogP contribution in [0.3, 0.4) is 0 Å². The van der Waals surface area contributed by atoms with Crippen LogP contribution < -0.4 is 0 Å². The van der Waals surface area contributed by atoms with E-state index in [0.717, 1.165) is 17.1 Å². The van der Waals surface area contributed by atoms with E-state index in [0.29, 0.717) is 25.8 Å². The molecule has 2 rings (SSSR count). The van der Waals surface area contributed by atoms with Crippen LogP contribution in [0.25, 0.3) is 0 Å². The lowest BCUT2D eigenvalue weighted by molar-refractivity contribution is -0.137. The Balaban J connectivity index is 1.84. The van der Waals surface area contributed by atoms with E-state index in [-0.39, 0.29) is 18.4 Å². The highest BCUT2D eigenvalue weighted by Crippen LogP contribution is 2.28. The number of hydrogen-bond donors (Lipinski definition) is 2. The number of carboxylic acid groups (broad SMARTS) is 1. The number of aliphatic hydroxyl groups excluding tert-OH is 1. The number of amides is 1. The van der Waals surface area contributed by atoms with Gasteiger partial charge < -0.3 is 15.1 Å². The summed E-state index contributed by atoms with van der Waals surface area (Å²) in [6.45, 7) is 0.523. The predicted molar refractivity (Wildman–Crippen MR) is 105 cm³/mol. The molecule has 0 aliphatic carbocycles. The highest BCUT2D eigenvalue weighted by Gasteiger charge is 2.25. The van der Waals surface area contributed by atoms with Crippen molar-refractivity contribution in [3.05, 3.63) is 41.8 Å². The van der Waals surface area contributed by atoms with E-state index in [4.69, 9.17) is 5.11 Å². The number of aliphatic hydroxyl groups is 1. The summed E-state index contributed by atoms with van der Waals surface area (Å²) in [5, 5.41) is 20.7. The second kappa shape index (κ2) is 11.2. The van der Waals surface area contributed by atoms with E-state index >= 15 is 0 Å². The van der Waals surface area contributed by atoms with Crippen molar-refractivity contribution in [3.63, 3.8) is 0 Å². The Morgan fingerprint density at radius 3 is 3.04 bits per heavy atom. The quantitative estimate of drug-likeness (QED) is 0.272. The first kappa shape index (κ1) is 20.7. The third-order valence-electron chi connectivity index (χ3n) is 4.07. The Bertz CT molecular complexity index is 627. The van der Waals surface area contributed by atoms with Crippen LogP contribution in [0.5, 0.6) is 0 Å². The summed E-state index contributed by atoms with van der Waals surface area (Å²) in [6, 6.07) is 3.92. The fourth-order valence-electron chi connectivity index (χ4n) is 2.77. The van der Waals surface area contributed by atoms with Gasteiger partial charge in [0.25, 0.3) is 0 Å². The second-order valence-corrected chi connectivity index (χ2v) is 8.45. The highest BCUT2D eigenvalue weighted by molar-refractivity contribution is 8.01. The molecule has 2 N–H and O–H groups in total. The summed E-state index contributed by atoms with van der Waals surface area (Å²) in [5.74, 6) is -0.657. The summed E-state index contributed by atoms with van der Waals surface area (Å²) >= 11 is 2.98. The number of allylic oxidation sites excluding steroid dienone is 1. The van der Waals surface area contributed by atoms with Crippen molar-refractivity contribution in [1.29, 1.82) is 0 Å². The molecule has 26 heavy (non-hydrogen) atoms. The molecule has 1 aliphatic rings. The molecule has 0 saturated carbocycles. The van der Waals surface area contributed by atoms with Gasteiger partial charge in [-0.15, -0.1) is 11.3 Å². The van der Waals surface area contributed by atoms with Gasteiger partial charge in [0.05, 0.1) is 10.3 Å². The molecule has 1 amide bonds. The normalized spacial score (nSPS) is 19.5. The predicted octanol–water partition coefficient (Wildman–Crippen LogP) is 3.91. The molecule has 5 nitrogen and oxygen atoms in total. The highest BCUT2D eigenvalue weighted by atomic mass is 32.2. The van der Waals surface area contributed by atoms with Crippen molar-refractivity contribution in [1.82, 2.24) is 4.90 Å². The van der Waals surface area contributed by atoms with Gasteiger partial charge in [0.15, 0.2) is 0 Å². The van der Waals surface area contributed by atoms with Gasteiger partial charge in [-0.25, -0.2) is 0 Å². The summed E-state index contributed by atoms with van der Waals surface area (Å²) in [4.78, 5) is 24.5. The average Bonchev–Trinajstić information content (AvgIpc) is 3.10. The first-order valence-electron chi connectivity index (χ1n) is 8.79.